The van der Waals surface area contributed by atoms with Crippen molar-refractivity contribution in [1.82, 2.24) is 4.98 Å². The quantitative estimate of drug-likeness (QED) is 0.388. The van der Waals surface area contributed by atoms with E-state index in [-0.39, 0.29) is 11.6 Å². The predicted molar refractivity (Wildman–Crippen MR) is 105 cm³/mol. The second kappa shape index (κ2) is 8.24. The van der Waals surface area contributed by atoms with Gasteiger partial charge in [0.25, 0.3) is 5.69 Å². The molecule has 7 nitrogen and oxygen atoms in total. The van der Waals surface area contributed by atoms with Gasteiger partial charge in [-0.1, -0.05) is 24.3 Å². The monoisotopic (exact) mass is 381 g/mol. The Hall–Kier alpha value is -3.52. The van der Waals surface area contributed by atoms with Gasteiger partial charge in [0.15, 0.2) is 5.13 Å². The standard InChI is InChI=1S/C19H15N3O4S/c1-26-16-8-5-13(6-9-16)7-10-18(23)21-19-20-17(12-27-19)14-3-2-4-15(11-14)22(24)25/h2-12H,1H3,(H,20,21,23). The average molecular weight is 381 g/mol. The molecule has 0 aliphatic rings. The molecule has 136 valence electrons. The molecule has 8 heteroatoms. The summed E-state index contributed by atoms with van der Waals surface area (Å²) in [5, 5.41) is 15.7. The Bertz CT molecular complexity index is 996. The fourth-order valence-corrected chi connectivity index (χ4v) is 3.00. The van der Waals surface area contributed by atoms with E-state index in [0.717, 1.165) is 11.3 Å². The summed E-state index contributed by atoms with van der Waals surface area (Å²) in [5.74, 6) is 0.429. The fourth-order valence-electron chi connectivity index (χ4n) is 2.28. The number of nitrogens with one attached hydrogen (secondary N) is 1. The summed E-state index contributed by atoms with van der Waals surface area (Å²) in [6, 6.07) is 13.5. The van der Waals surface area contributed by atoms with Crippen LogP contribution in [-0.4, -0.2) is 22.9 Å². The normalized spacial score (nSPS) is 10.7. The molecule has 0 bridgehead atoms. The van der Waals surface area contributed by atoms with Gasteiger partial charge in [-0.15, -0.1) is 11.3 Å². The Balaban J connectivity index is 1.66. The minimum atomic E-state index is -0.456. The van der Waals surface area contributed by atoms with Crippen LogP contribution in [0.3, 0.4) is 0 Å². The van der Waals surface area contributed by atoms with Gasteiger partial charge >= 0.3 is 0 Å². The summed E-state index contributed by atoms with van der Waals surface area (Å²) in [5.41, 5.74) is 2.05. The highest BCUT2D eigenvalue weighted by atomic mass is 32.1. The molecule has 0 radical (unpaired) electrons. The third kappa shape index (κ3) is 4.77. The van der Waals surface area contributed by atoms with Crippen molar-refractivity contribution >= 4 is 34.1 Å². The Kier molecular flexibility index (Phi) is 5.58. The number of rotatable bonds is 6. The molecule has 2 aromatic carbocycles. The SMILES string of the molecule is COc1ccc(C=CC(=O)Nc2nc(-c3cccc([N+](=O)[O-])c3)cs2)cc1. The fraction of sp³-hybridized carbons (Fsp3) is 0.0526. The summed E-state index contributed by atoms with van der Waals surface area (Å²) in [4.78, 5) is 26.8. The molecular formula is C19H15N3O4S. The summed E-state index contributed by atoms with van der Waals surface area (Å²) < 4.78 is 5.09. The highest BCUT2D eigenvalue weighted by Gasteiger charge is 2.10. The molecular weight excluding hydrogens is 366 g/mol. The molecule has 0 saturated heterocycles. The molecule has 0 fully saturated rings. The lowest BCUT2D eigenvalue weighted by atomic mass is 10.1. The minimum absolute atomic E-state index is 0.00601. The molecule has 0 aliphatic heterocycles. The number of aromatic nitrogens is 1. The van der Waals surface area contributed by atoms with E-state index in [4.69, 9.17) is 4.74 Å². The average Bonchev–Trinajstić information content (AvgIpc) is 3.15. The predicted octanol–water partition coefficient (Wildman–Crippen LogP) is 4.38. The number of benzene rings is 2. The van der Waals surface area contributed by atoms with Gasteiger partial charge in [0.2, 0.25) is 5.91 Å². The number of methoxy groups -OCH3 is 1. The molecule has 1 N–H and O–H groups in total. The molecule has 0 unspecified atom stereocenters. The maximum Gasteiger partial charge on any atom is 0.270 e. The van der Waals surface area contributed by atoms with Gasteiger partial charge < -0.3 is 4.74 Å². The van der Waals surface area contributed by atoms with Crippen LogP contribution in [0.2, 0.25) is 0 Å². The maximum atomic E-state index is 12.1. The third-order valence-corrected chi connectivity index (χ3v) is 4.39. The number of thiazole rings is 1. The minimum Gasteiger partial charge on any atom is -0.497 e. The van der Waals surface area contributed by atoms with Gasteiger partial charge in [-0.3, -0.25) is 20.2 Å². The lowest BCUT2D eigenvalue weighted by molar-refractivity contribution is -0.384. The van der Waals surface area contributed by atoms with Crippen LogP contribution in [0.5, 0.6) is 5.75 Å². The lowest BCUT2D eigenvalue weighted by Crippen LogP contribution is -2.07. The Labute approximate surface area is 159 Å². The van der Waals surface area contributed by atoms with Crippen molar-refractivity contribution in [1.29, 1.82) is 0 Å². The van der Waals surface area contributed by atoms with Crippen LogP contribution in [0, 0.1) is 10.1 Å². The third-order valence-electron chi connectivity index (χ3n) is 3.63. The van der Waals surface area contributed by atoms with E-state index < -0.39 is 4.92 Å². The molecule has 1 amide bonds. The molecule has 0 atom stereocenters. The number of carbonyl (C=O) groups excluding carboxylic acids is 1. The number of hydrogen-bond donors (Lipinski definition) is 1. The van der Waals surface area contributed by atoms with Crippen molar-refractivity contribution in [3.05, 3.63) is 75.7 Å². The summed E-state index contributed by atoms with van der Waals surface area (Å²) >= 11 is 1.25. The van der Waals surface area contributed by atoms with Crippen LogP contribution in [0.1, 0.15) is 5.56 Å². The van der Waals surface area contributed by atoms with Crippen LogP contribution in [-0.2, 0) is 4.79 Å². The molecule has 27 heavy (non-hydrogen) atoms. The van der Waals surface area contributed by atoms with Gasteiger partial charge in [0, 0.05) is 29.2 Å². The molecule has 0 saturated carbocycles. The molecule has 3 rings (SSSR count). The lowest BCUT2D eigenvalue weighted by Gasteiger charge is -1.99. The van der Waals surface area contributed by atoms with Gasteiger partial charge in [0.1, 0.15) is 5.75 Å². The van der Waals surface area contributed by atoms with Crippen LogP contribution in [0.4, 0.5) is 10.8 Å². The van der Waals surface area contributed by atoms with E-state index in [2.05, 4.69) is 10.3 Å². The summed E-state index contributed by atoms with van der Waals surface area (Å²) in [7, 11) is 1.59. The first-order valence-corrected chi connectivity index (χ1v) is 8.76. The second-order valence-corrected chi connectivity index (χ2v) is 6.30. The summed E-state index contributed by atoms with van der Waals surface area (Å²) in [6.07, 6.45) is 3.10. The zero-order valence-corrected chi connectivity index (χ0v) is 15.1. The van der Waals surface area contributed by atoms with E-state index in [1.807, 2.05) is 24.3 Å². The topological polar surface area (TPSA) is 94.4 Å². The largest absolute Gasteiger partial charge is 0.497 e. The smallest absolute Gasteiger partial charge is 0.270 e. The molecule has 3 aromatic rings. The van der Waals surface area contributed by atoms with E-state index in [0.29, 0.717) is 16.4 Å². The van der Waals surface area contributed by atoms with Crippen LogP contribution < -0.4 is 10.1 Å². The van der Waals surface area contributed by atoms with Crippen molar-refractivity contribution in [2.75, 3.05) is 12.4 Å². The number of hydrogen-bond acceptors (Lipinski definition) is 6. The molecule has 1 heterocycles. The number of ether oxygens (including phenoxy) is 1. The molecule has 1 aromatic heterocycles. The number of nitro benzene ring substituents is 1. The van der Waals surface area contributed by atoms with Gasteiger partial charge in [-0.05, 0) is 23.8 Å². The zero-order valence-electron chi connectivity index (χ0n) is 14.3. The van der Waals surface area contributed by atoms with Crippen LogP contribution >= 0.6 is 11.3 Å². The van der Waals surface area contributed by atoms with Crippen LogP contribution in [0.15, 0.2) is 60.0 Å². The van der Waals surface area contributed by atoms with Crippen molar-refractivity contribution < 1.29 is 14.5 Å². The van der Waals surface area contributed by atoms with E-state index in [1.165, 1.54) is 29.5 Å². The number of amides is 1. The van der Waals surface area contributed by atoms with Crippen molar-refractivity contribution in [3.63, 3.8) is 0 Å². The maximum absolute atomic E-state index is 12.1. The van der Waals surface area contributed by atoms with Gasteiger partial charge in [-0.25, -0.2) is 4.98 Å². The van der Waals surface area contributed by atoms with E-state index in [9.17, 15) is 14.9 Å². The number of non-ortho nitro benzene ring substituents is 1. The van der Waals surface area contributed by atoms with Crippen molar-refractivity contribution in [2.45, 2.75) is 0 Å². The van der Waals surface area contributed by atoms with Crippen molar-refractivity contribution in [3.8, 4) is 17.0 Å². The zero-order chi connectivity index (χ0) is 19.2. The van der Waals surface area contributed by atoms with Crippen LogP contribution in [0.25, 0.3) is 17.3 Å². The summed E-state index contributed by atoms with van der Waals surface area (Å²) in [6.45, 7) is 0. The number of nitro groups is 1. The first-order valence-electron chi connectivity index (χ1n) is 7.88. The van der Waals surface area contributed by atoms with Crippen molar-refractivity contribution in [2.24, 2.45) is 0 Å². The number of nitrogens with zero attached hydrogens (tertiary/aromatic N) is 2. The Morgan fingerprint density at radius 3 is 2.74 bits per heavy atom. The van der Waals surface area contributed by atoms with Gasteiger partial charge in [-0.2, -0.15) is 0 Å². The van der Waals surface area contributed by atoms with E-state index >= 15 is 0 Å². The Morgan fingerprint density at radius 2 is 2.04 bits per heavy atom. The first-order chi connectivity index (χ1) is 13.0. The number of anilines is 1. The van der Waals surface area contributed by atoms with Gasteiger partial charge in [0.05, 0.1) is 17.7 Å². The number of carbonyl (C=O) groups is 1. The Morgan fingerprint density at radius 1 is 1.26 bits per heavy atom. The highest BCUT2D eigenvalue weighted by Crippen LogP contribution is 2.27. The molecule has 0 aliphatic carbocycles. The molecule has 0 spiro atoms. The van der Waals surface area contributed by atoms with E-state index in [1.54, 1.807) is 30.7 Å². The first kappa shape index (κ1) is 18.3. The second-order valence-electron chi connectivity index (χ2n) is 5.44. The highest BCUT2D eigenvalue weighted by molar-refractivity contribution is 7.14.